The van der Waals surface area contributed by atoms with E-state index in [0.717, 1.165) is 24.2 Å². The fourth-order valence-corrected chi connectivity index (χ4v) is 2.69. The van der Waals surface area contributed by atoms with E-state index >= 15 is 0 Å². The number of pyridine rings is 1. The number of hydrogen-bond donors (Lipinski definition) is 1. The Hall–Kier alpha value is -2.25. The number of fused-ring (bicyclic) bond motifs is 1. The molecule has 0 radical (unpaired) electrons. The van der Waals surface area contributed by atoms with Gasteiger partial charge in [-0.05, 0) is 30.2 Å². The van der Waals surface area contributed by atoms with Crippen molar-refractivity contribution in [2.45, 2.75) is 32.7 Å². The summed E-state index contributed by atoms with van der Waals surface area (Å²) in [6.45, 7) is 2.84. The molecule has 23 heavy (non-hydrogen) atoms. The fourth-order valence-electron chi connectivity index (χ4n) is 2.69. The number of nitrogen functional groups attached to an aromatic ring is 1. The molecule has 2 heterocycles. The summed E-state index contributed by atoms with van der Waals surface area (Å²) in [6, 6.07) is 0. The Bertz CT molecular complexity index is 670. The topological polar surface area (TPSA) is 87.0 Å². The molecule has 122 valence electrons. The molecule has 1 aromatic heterocycles. The van der Waals surface area contributed by atoms with E-state index < -0.39 is 6.29 Å². The lowest BCUT2D eigenvalue weighted by Gasteiger charge is -2.14. The van der Waals surface area contributed by atoms with Crippen LogP contribution in [0.1, 0.15) is 36.0 Å². The van der Waals surface area contributed by atoms with Gasteiger partial charge in [-0.25, -0.2) is 5.84 Å². The Morgan fingerprint density at radius 2 is 2.30 bits per heavy atom. The van der Waals surface area contributed by atoms with Crippen molar-refractivity contribution in [3.8, 4) is 0 Å². The third-order valence-electron chi connectivity index (χ3n) is 3.93. The van der Waals surface area contributed by atoms with Gasteiger partial charge in [-0.3, -0.25) is 0 Å². The van der Waals surface area contributed by atoms with Gasteiger partial charge >= 0.3 is 0 Å². The highest BCUT2D eigenvalue weighted by Crippen LogP contribution is 2.38. The minimum absolute atomic E-state index is 0.284. The zero-order valence-electron chi connectivity index (χ0n) is 13.0. The first-order valence-electron chi connectivity index (χ1n) is 7.60. The van der Waals surface area contributed by atoms with Crippen LogP contribution in [0.15, 0.2) is 35.4 Å². The summed E-state index contributed by atoms with van der Waals surface area (Å²) >= 11 is 0. The van der Waals surface area contributed by atoms with Crippen molar-refractivity contribution in [1.29, 1.82) is 0 Å². The molecule has 2 N–H and O–H groups in total. The van der Waals surface area contributed by atoms with Crippen molar-refractivity contribution in [3.63, 3.8) is 0 Å². The maximum atomic E-state index is 11.2. The molecule has 7 heteroatoms. The highest BCUT2D eigenvalue weighted by Gasteiger charge is 2.33. The van der Waals surface area contributed by atoms with E-state index in [4.69, 9.17) is 20.1 Å². The number of hydrogen-bond acceptors (Lipinski definition) is 6. The Labute approximate surface area is 134 Å². The van der Waals surface area contributed by atoms with E-state index in [2.05, 4.69) is 17.3 Å². The predicted molar refractivity (Wildman–Crippen MR) is 82.9 cm³/mol. The lowest BCUT2D eigenvalue weighted by atomic mass is 10.1. The van der Waals surface area contributed by atoms with Gasteiger partial charge in [0.15, 0.2) is 12.0 Å². The van der Waals surface area contributed by atoms with Crippen LogP contribution in [0.2, 0.25) is 0 Å². The van der Waals surface area contributed by atoms with Crippen LogP contribution in [0, 0.1) is 11.8 Å². The van der Waals surface area contributed by atoms with E-state index in [0.29, 0.717) is 31.1 Å². The van der Waals surface area contributed by atoms with Crippen molar-refractivity contribution in [1.82, 2.24) is 0 Å². The largest absolute Gasteiger partial charge is 0.492 e. The molecule has 0 saturated carbocycles. The molecule has 1 aliphatic carbocycles. The monoisotopic (exact) mass is 318 g/mol. The summed E-state index contributed by atoms with van der Waals surface area (Å²) in [7, 11) is 0. The van der Waals surface area contributed by atoms with Crippen LogP contribution >= 0.6 is 0 Å². The van der Waals surface area contributed by atoms with Crippen LogP contribution in [0.3, 0.4) is 0 Å². The SMILES string of the molecule is Cc1c(N=O)c2c(c[n+]1N)COC2OCCOC1=CCCC=C1. The first-order chi connectivity index (χ1) is 11.2. The Morgan fingerprint density at radius 3 is 3.04 bits per heavy atom. The summed E-state index contributed by atoms with van der Waals surface area (Å²) < 4.78 is 18.3. The molecular formula is C16H20N3O4+. The Balaban J connectivity index is 1.61. The molecule has 3 rings (SSSR count). The second-order valence-electron chi connectivity index (χ2n) is 5.45. The summed E-state index contributed by atoms with van der Waals surface area (Å²) in [4.78, 5) is 11.2. The molecule has 1 aliphatic heterocycles. The number of nitroso groups, excluding NO2 is 1. The van der Waals surface area contributed by atoms with E-state index in [-0.39, 0.29) is 5.69 Å². The van der Waals surface area contributed by atoms with Gasteiger partial charge in [-0.15, -0.1) is 4.91 Å². The minimum Gasteiger partial charge on any atom is -0.492 e. The smallest absolute Gasteiger partial charge is 0.237 e. The first-order valence-corrected chi connectivity index (χ1v) is 7.60. The molecular weight excluding hydrogens is 298 g/mol. The van der Waals surface area contributed by atoms with E-state index in [1.807, 2.05) is 6.08 Å². The van der Waals surface area contributed by atoms with Gasteiger partial charge in [-0.2, -0.15) is 0 Å². The molecule has 1 aromatic rings. The molecule has 2 aliphatic rings. The number of allylic oxidation sites excluding steroid dienone is 3. The Morgan fingerprint density at radius 1 is 1.43 bits per heavy atom. The summed E-state index contributed by atoms with van der Waals surface area (Å²) in [5.74, 6) is 6.67. The van der Waals surface area contributed by atoms with Gasteiger partial charge in [0.2, 0.25) is 11.9 Å². The van der Waals surface area contributed by atoms with Gasteiger partial charge in [-0.1, -0.05) is 10.8 Å². The summed E-state index contributed by atoms with van der Waals surface area (Å²) in [5, 5.41) is 3.09. The zero-order chi connectivity index (χ0) is 16.2. The van der Waals surface area contributed by atoms with E-state index in [9.17, 15) is 4.91 Å². The van der Waals surface area contributed by atoms with Crippen molar-refractivity contribution >= 4 is 5.69 Å². The molecule has 0 spiro atoms. The zero-order valence-corrected chi connectivity index (χ0v) is 13.0. The van der Waals surface area contributed by atoms with Crippen LogP contribution in [0.25, 0.3) is 0 Å². The molecule has 0 aromatic carbocycles. The molecule has 0 saturated heterocycles. The second-order valence-corrected chi connectivity index (χ2v) is 5.45. The molecule has 0 fully saturated rings. The summed E-state index contributed by atoms with van der Waals surface area (Å²) in [5.41, 5.74) is 2.34. The molecule has 1 unspecified atom stereocenters. The third-order valence-corrected chi connectivity index (χ3v) is 3.93. The number of rotatable bonds is 6. The van der Waals surface area contributed by atoms with Crippen LogP contribution in [-0.2, 0) is 20.8 Å². The van der Waals surface area contributed by atoms with Crippen molar-refractivity contribution in [2.75, 3.05) is 19.1 Å². The normalized spacial score (nSPS) is 19.3. The predicted octanol–water partition coefficient (Wildman–Crippen LogP) is 2.19. The van der Waals surface area contributed by atoms with Crippen LogP contribution in [0.4, 0.5) is 5.69 Å². The van der Waals surface area contributed by atoms with Gasteiger partial charge in [0.25, 0.3) is 0 Å². The van der Waals surface area contributed by atoms with Gasteiger partial charge in [0, 0.05) is 6.92 Å². The third kappa shape index (κ3) is 3.25. The molecule has 0 amide bonds. The van der Waals surface area contributed by atoms with Crippen LogP contribution in [0.5, 0.6) is 0 Å². The van der Waals surface area contributed by atoms with Crippen molar-refractivity contribution in [2.24, 2.45) is 5.18 Å². The number of nitrogens with two attached hydrogens (primary N) is 1. The highest BCUT2D eigenvalue weighted by molar-refractivity contribution is 5.52. The van der Waals surface area contributed by atoms with Gasteiger partial charge < -0.3 is 14.2 Å². The number of ether oxygens (including phenoxy) is 3. The molecule has 1 atom stereocenters. The quantitative estimate of drug-likeness (QED) is 0.376. The fraction of sp³-hybridized carbons (Fsp3) is 0.438. The van der Waals surface area contributed by atoms with E-state index in [1.54, 1.807) is 13.1 Å². The molecule has 0 bridgehead atoms. The van der Waals surface area contributed by atoms with Crippen LogP contribution < -0.4 is 10.5 Å². The number of nitrogens with zero attached hydrogens (tertiary/aromatic N) is 2. The Kier molecular flexibility index (Phi) is 4.68. The van der Waals surface area contributed by atoms with Crippen molar-refractivity contribution < 1.29 is 18.9 Å². The average molecular weight is 318 g/mol. The van der Waals surface area contributed by atoms with E-state index in [1.165, 1.54) is 4.68 Å². The van der Waals surface area contributed by atoms with Crippen molar-refractivity contribution in [3.05, 3.63) is 51.9 Å². The first kappa shape index (κ1) is 15.6. The standard InChI is InChI=1S/C16H20N3O4/c1-11-15(18-20)14-12(9-19(11)17)10-23-16(14)22-8-7-21-13-5-3-2-4-6-13/h3,5-6,9,16H,2,4,7-8,10,17H2,1H3/q+1. The van der Waals surface area contributed by atoms with Gasteiger partial charge in [0.05, 0.1) is 24.3 Å². The van der Waals surface area contributed by atoms with Gasteiger partial charge in [0.1, 0.15) is 12.4 Å². The summed E-state index contributed by atoms with van der Waals surface area (Å²) in [6.07, 6.45) is 9.27. The minimum atomic E-state index is -0.614. The van der Waals surface area contributed by atoms with Crippen LogP contribution in [-0.4, -0.2) is 13.2 Å². The number of aromatic nitrogens is 1. The average Bonchev–Trinajstić information content (AvgIpc) is 2.96. The maximum Gasteiger partial charge on any atom is 0.237 e. The lowest BCUT2D eigenvalue weighted by Crippen LogP contribution is -2.47. The second kappa shape index (κ2) is 6.89. The molecule has 7 nitrogen and oxygen atoms in total. The lowest BCUT2D eigenvalue weighted by molar-refractivity contribution is -0.645. The maximum absolute atomic E-state index is 11.2. The highest BCUT2D eigenvalue weighted by atomic mass is 16.7.